The van der Waals surface area contributed by atoms with Gasteiger partial charge in [0.15, 0.2) is 0 Å². The summed E-state index contributed by atoms with van der Waals surface area (Å²) >= 11 is 3.50. The van der Waals surface area contributed by atoms with Gasteiger partial charge in [-0.3, -0.25) is 0 Å². The van der Waals surface area contributed by atoms with E-state index in [9.17, 15) is 4.39 Å². The van der Waals surface area contributed by atoms with Gasteiger partial charge < -0.3 is 5.73 Å². The van der Waals surface area contributed by atoms with E-state index in [0.29, 0.717) is 11.3 Å². The topological polar surface area (TPSA) is 38.9 Å². The van der Waals surface area contributed by atoms with Crippen LogP contribution in [0.4, 0.5) is 4.39 Å². The van der Waals surface area contributed by atoms with Gasteiger partial charge in [-0.1, -0.05) is 30.3 Å². The van der Waals surface area contributed by atoms with Crippen LogP contribution in [0.25, 0.3) is 10.9 Å². The van der Waals surface area contributed by atoms with Crippen LogP contribution in [0.15, 0.2) is 59.1 Å². The van der Waals surface area contributed by atoms with Gasteiger partial charge in [0, 0.05) is 9.86 Å². The zero-order valence-corrected chi connectivity index (χ0v) is 12.1. The van der Waals surface area contributed by atoms with Gasteiger partial charge in [-0.2, -0.15) is 0 Å². The Morgan fingerprint density at radius 2 is 1.85 bits per heavy atom. The monoisotopic (exact) mass is 330 g/mol. The standard InChI is InChI=1S/C16H12BrFN2/c17-13-9-10-4-1-2-7-14(10)20-16(13)15(19)11-5-3-6-12(18)8-11/h1-9,15H,19H2. The number of nitrogens with two attached hydrogens (primary N) is 1. The largest absolute Gasteiger partial charge is 0.319 e. The fourth-order valence-corrected chi connectivity index (χ4v) is 2.76. The fourth-order valence-electron chi connectivity index (χ4n) is 2.18. The van der Waals surface area contributed by atoms with Gasteiger partial charge in [0.2, 0.25) is 0 Å². The molecule has 0 radical (unpaired) electrons. The van der Waals surface area contributed by atoms with Crippen molar-refractivity contribution in [2.24, 2.45) is 5.73 Å². The lowest BCUT2D eigenvalue weighted by Crippen LogP contribution is -2.14. The van der Waals surface area contributed by atoms with E-state index < -0.39 is 6.04 Å². The zero-order valence-electron chi connectivity index (χ0n) is 10.6. The Morgan fingerprint density at radius 1 is 1.05 bits per heavy atom. The van der Waals surface area contributed by atoms with Crippen LogP contribution >= 0.6 is 15.9 Å². The summed E-state index contributed by atoms with van der Waals surface area (Å²) < 4.78 is 14.1. The molecule has 20 heavy (non-hydrogen) atoms. The van der Waals surface area contributed by atoms with Gasteiger partial charge in [0.1, 0.15) is 5.82 Å². The summed E-state index contributed by atoms with van der Waals surface area (Å²) in [6.07, 6.45) is 0. The van der Waals surface area contributed by atoms with Gasteiger partial charge in [0.05, 0.1) is 17.3 Å². The van der Waals surface area contributed by atoms with Crippen LogP contribution in [0.1, 0.15) is 17.3 Å². The molecule has 2 N–H and O–H groups in total. The maximum Gasteiger partial charge on any atom is 0.123 e. The lowest BCUT2D eigenvalue weighted by molar-refractivity contribution is 0.623. The second kappa shape index (κ2) is 5.31. The first-order chi connectivity index (χ1) is 9.65. The summed E-state index contributed by atoms with van der Waals surface area (Å²) in [5.74, 6) is -0.296. The molecule has 0 bridgehead atoms. The minimum absolute atomic E-state index is 0.296. The van der Waals surface area contributed by atoms with Crippen LogP contribution in [0.5, 0.6) is 0 Å². The second-order valence-corrected chi connectivity index (χ2v) is 5.44. The van der Waals surface area contributed by atoms with Gasteiger partial charge in [-0.05, 0) is 45.8 Å². The molecule has 4 heteroatoms. The van der Waals surface area contributed by atoms with E-state index in [-0.39, 0.29) is 5.82 Å². The van der Waals surface area contributed by atoms with E-state index in [1.807, 2.05) is 30.3 Å². The van der Waals surface area contributed by atoms with E-state index in [0.717, 1.165) is 15.4 Å². The van der Waals surface area contributed by atoms with Crippen molar-refractivity contribution in [3.8, 4) is 0 Å². The third kappa shape index (κ3) is 2.44. The number of rotatable bonds is 2. The molecule has 0 amide bonds. The fraction of sp³-hybridized carbons (Fsp3) is 0.0625. The van der Waals surface area contributed by atoms with E-state index in [1.165, 1.54) is 12.1 Å². The highest BCUT2D eigenvalue weighted by molar-refractivity contribution is 9.10. The smallest absolute Gasteiger partial charge is 0.123 e. The van der Waals surface area contributed by atoms with Crippen LogP contribution < -0.4 is 5.73 Å². The summed E-state index contributed by atoms with van der Waals surface area (Å²) in [5.41, 5.74) is 8.50. The summed E-state index contributed by atoms with van der Waals surface area (Å²) in [6.45, 7) is 0. The quantitative estimate of drug-likeness (QED) is 0.765. The molecule has 0 aliphatic rings. The Balaban J connectivity index is 2.11. The molecular weight excluding hydrogens is 319 g/mol. The molecule has 3 aromatic rings. The molecule has 3 rings (SSSR count). The lowest BCUT2D eigenvalue weighted by Gasteiger charge is -2.14. The first kappa shape index (κ1) is 13.2. The number of aromatic nitrogens is 1. The first-order valence-electron chi connectivity index (χ1n) is 6.21. The molecule has 100 valence electrons. The molecule has 1 unspecified atom stereocenters. The van der Waals surface area contributed by atoms with Gasteiger partial charge >= 0.3 is 0 Å². The third-order valence-electron chi connectivity index (χ3n) is 3.21. The average Bonchev–Trinajstić information content (AvgIpc) is 2.46. The first-order valence-corrected chi connectivity index (χ1v) is 7.00. The number of halogens is 2. The molecule has 2 aromatic carbocycles. The molecule has 1 heterocycles. The van der Waals surface area contributed by atoms with Crippen molar-refractivity contribution in [2.45, 2.75) is 6.04 Å². The van der Waals surface area contributed by atoms with Crippen molar-refractivity contribution in [1.82, 2.24) is 4.98 Å². The summed E-state index contributed by atoms with van der Waals surface area (Å²) in [7, 11) is 0. The SMILES string of the molecule is NC(c1cccc(F)c1)c1nc2ccccc2cc1Br. The third-order valence-corrected chi connectivity index (χ3v) is 3.84. The molecular formula is C16H12BrFN2. The predicted octanol–water partition coefficient (Wildman–Crippen LogP) is 4.18. The number of nitrogens with zero attached hydrogens (tertiary/aromatic N) is 1. The molecule has 0 saturated heterocycles. The molecule has 2 nitrogen and oxygen atoms in total. The second-order valence-electron chi connectivity index (χ2n) is 4.58. The summed E-state index contributed by atoms with van der Waals surface area (Å²) in [6, 6.07) is 15.6. The number of hydrogen-bond donors (Lipinski definition) is 1. The van der Waals surface area contributed by atoms with Crippen LogP contribution in [-0.2, 0) is 0 Å². The average molecular weight is 331 g/mol. The van der Waals surface area contributed by atoms with Gasteiger partial charge in [-0.15, -0.1) is 0 Å². The van der Waals surface area contributed by atoms with Gasteiger partial charge in [-0.25, -0.2) is 9.37 Å². The van der Waals surface area contributed by atoms with Crippen molar-refractivity contribution < 1.29 is 4.39 Å². The van der Waals surface area contributed by atoms with E-state index in [1.54, 1.807) is 12.1 Å². The van der Waals surface area contributed by atoms with Crippen LogP contribution in [0.2, 0.25) is 0 Å². The summed E-state index contributed by atoms with van der Waals surface area (Å²) in [5, 5.41) is 1.04. The van der Waals surface area contributed by atoms with Crippen molar-refractivity contribution >= 4 is 26.8 Å². The molecule has 0 fully saturated rings. The highest BCUT2D eigenvalue weighted by atomic mass is 79.9. The Hall–Kier alpha value is -1.78. The number of pyridine rings is 1. The molecule has 0 spiro atoms. The van der Waals surface area contributed by atoms with Crippen LogP contribution in [0, 0.1) is 5.82 Å². The van der Waals surface area contributed by atoms with Crippen molar-refractivity contribution in [1.29, 1.82) is 0 Å². The normalized spacial score (nSPS) is 12.6. The number of para-hydroxylation sites is 1. The number of hydrogen-bond acceptors (Lipinski definition) is 2. The highest BCUT2D eigenvalue weighted by Gasteiger charge is 2.15. The molecule has 1 atom stereocenters. The molecule has 0 saturated carbocycles. The van der Waals surface area contributed by atoms with Crippen molar-refractivity contribution in [3.05, 3.63) is 76.1 Å². The minimum Gasteiger partial charge on any atom is -0.319 e. The van der Waals surface area contributed by atoms with E-state index in [2.05, 4.69) is 20.9 Å². The predicted molar refractivity (Wildman–Crippen MR) is 81.9 cm³/mol. The minimum atomic E-state index is -0.468. The van der Waals surface area contributed by atoms with Crippen LogP contribution in [-0.4, -0.2) is 4.98 Å². The van der Waals surface area contributed by atoms with E-state index >= 15 is 0 Å². The lowest BCUT2D eigenvalue weighted by atomic mass is 10.0. The summed E-state index contributed by atoms with van der Waals surface area (Å²) in [4.78, 5) is 4.59. The molecule has 0 aliphatic heterocycles. The maximum absolute atomic E-state index is 13.3. The molecule has 1 aromatic heterocycles. The Morgan fingerprint density at radius 3 is 2.65 bits per heavy atom. The van der Waals surface area contributed by atoms with Crippen LogP contribution in [0.3, 0.4) is 0 Å². The van der Waals surface area contributed by atoms with Gasteiger partial charge in [0.25, 0.3) is 0 Å². The Labute approximate surface area is 124 Å². The Bertz CT molecular complexity index is 773. The molecule has 0 aliphatic carbocycles. The zero-order chi connectivity index (χ0) is 14.1. The van der Waals surface area contributed by atoms with Crippen molar-refractivity contribution in [3.63, 3.8) is 0 Å². The van der Waals surface area contributed by atoms with E-state index in [4.69, 9.17) is 5.73 Å². The maximum atomic E-state index is 13.3. The highest BCUT2D eigenvalue weighted by Crippen LogP contribution is 2.28. The van der Waals surface area contributed by atoms with Crippen molar-refractivity contribution in [2.75, 3.05) is 0 Å². The Kier molecular flexibility index (Phi) is 3.51. The number of benzene rings is 2. The number of fused-ring (bicyclic) bond motifs is 1.